The van der Waals surface area contributed by atoms with Gasteiger partial charge in [-0.15, -0.1) is 0 Å². The van der Waals surface area contributed by atoms with Gasteiger partial charge in [0.05, 0.1) is 11.5 Å². The van der Waals surface area contributed by atoms with Gasteiger partial charge in [-0.3, -0.25) is 9.78 Å². The highest BCUT2D eigenvalue weighted by Crippen LogP contribution is 2.30. The summed E-state index contributed by atoms with van der Waals surface area (Å²) in [4.78, 5) is 15.1. The van der Waals surface area contributed by atoms with E-state index in [1.807, 2.05) is 0 Å². The molecule has 0 spiro atoms. The number of sulfone groups is 1. The highest BCUT2D eigenvalue weighted by atomic mass is 32.2. The van der Waals surface area contributed by atoms with Crippen molar-refractivity contribution >= 4 is 15.7 Å². The van der Waals surface area contributed by atoms with E-state index in [2.05, 4.69) is 4.98 Å². The highest BCUT2D eigenvalue weighted by Gasteiger charge is 2.31. The molecule has 0 aromatic carbocycles. The molecule has 1 fully saturated rings. The monoisotopic (exact) mass is 240 g/mol. The zero-order chi connectivity index (χ0) is 11.8. The zero-order valence-corrected chi connectivity index (χ0v) is 9.40. The Morgan fingerprint density at radius 1 is 1.50 bits per heavy atom. The number of aromatic nitrogens is 1. The average Bonchev–Trinajstić information content (AvgIpc) is 2.59. The van der Waals surface area contributed by atoms with Gasteiger partial charge in [-0.2, -0.15) is 0 Å². The molecule has 2 N–H and O–H groups in total. The van der Waals surface area contributed by atoms with Crippen LogP contribution < -0.4 is 5.73 Å². The number of nitrogens with two attached hydrogens (primary N) is 1. The van der Waals surface area contributed by atoms with Crippen LogP contribution in [0.1, 0.15) is 28.4 Å². The molecule has 86 valence electrons. The number of amides is 1. The Labute approximate surface area is 93.6 Å². The van der Waals surface area contributed by atoms with Gasteiger partial charge < -0.3 is 5.73 Å². The fourth-order valence-corrected chi connectivity index (χ4v) is 3.76. The fraction of sp³-hybridized carbons (Fsp3) is 0.400. The first-order valence-corrected chi connectivity index (χ1v) is 6.77. The second kappa shape index (κ2) is 3.86. The lowest BCUT2D eigenvalue weighted by Crippen LogP contribution is -2.18. The van der Waals surface area contributed by atoms with Crippen LogP contribution in [0, 0.1) is 0 Å². The minimum atomic E-state index is -2.97. The second-order valence-corrected chi connectivity index (χ2v) is 6.13. The van der Waals surface area contributed by atoms with Gasteiger partial charge in [-0.05, 0) is 18.1 Å². The Morgan fingerprint density at radius 3 is 2.81 bits per heavy atom. The summed E-state index contributed by atoms with van der Waals surface area (Å²) in [6.45, 7) is 0. The van der Waals surface area contributed by atoms with E-state index in [4.69, 9.17) is 5.73 Å². The molecule has 0 bridgehead atoms. The quantitative estimate of drug-likeness (QED) is 0.792. The standard InChI is InChI=1S/C10H12N2O3S/c11-10(13)9-8(2-1-4-12-9)7-3-5-16(14,15)6-7/h1-2,4,7H,3,5-6H2,(H2,11,13). The van der Waals surface area contributed by atoms with Crippen molar-refractivity contribution in [1.29, 1.82) is 0 Å². The summed E-state index contributed by atoms with van der Waals surface area (Å²) in [6, 6.07) is 3.41. The Bertz CT molecular complexity index is 525. The van der Waals surface area contributed by atoms with Crippen molar-refractivity contribution in [3.05, 3.63) is 29.6 Å². The Morgan fingerprint density at radius 2 is 2.25 bits per heavy atom. The summed E-state index contributed by atoms with van der Waals surface area (Å²) in [7, 11) is -2.97. The van der Waals surface area contributed by atoms with E-state index >= 15 is 0 Å². The van der Waals surface area contributed by atoms with Crippen LogP contribution in [0.5, 0.6) is 0 Å². The second-order valence-electron chi connectivity index (χ2n) is 3.91. The van der Waals surface area contributed by atoms with Crippen molar-refractivity contribution in [2.75, 3.05) is 11.5 Å². The molecule has 1 amide bonds. The third kappa shape index (κ3) is 2.06. The van der Waals surface area contributed by atoms with Gasteiger partial charge in [0, 0.05) is 12.1 Å². The minimum Gasteiger partial charge on any atom is -0.364 e. The Kier molecular flexibility index (Phi) is 2.67. The van der Waals surface area contributed by atoms with Gasteiger partial charge in [0.15, 0.2) is 9.84 Å². The first-order chi connectivity index (χ1) is 7.49. The van der Waals surface area contributed by atoms with E-state index in [0.717, 1.165) is 0 Å². The number of hydrogen-bond donors (Lipinski definition) is 1. The normalized spacial score (nSPS) is 23.1. The van der Waals surface area contributed by atoms with E-state index in [0.29, 0.717) is 12.0 Å². The lowest BCUT2D eigenvalue weighted by Gasteiger charge is -2.10. The van der Waals surface area contributed by atoms with Crippen molar-refractivity contribution in [1.82, 2.24) is 4.98 Å². The molecule has 1 aliphatic rings. The zero-order valence-electron chi connectivity index (χ0n) is 8.59. The van der Waals surface area contributed by atoms with E-state index in [-0.39, 0.29) is 23.1 Å². The fourth-order valence-electron chi connectivity index (χ4n) is 1.99. The molecule has 1 aliphatic heterocycles. The van der Waals surface area contributed by atoms with Crippen LogP contribution in [0.2, 0.25) is 0 Å². The number of nitrogens with zero attached hydrogens (tertiary/aromatic N) is 1. The van der Waals surface area contributed by atoms with Crippen LogP contribution in [-0.4, -0.2) is 30.8 Å². The number of pyridine rings is 1. The molecule has 5 nitrogen and oxygen atoms in total. The van der Waals surface area contributed by atoms with Gasteiger partial charge in [0.2, 0.25) is 0 Å². The SMILES string of the molecule is NC(=O)c1ncccc1C1CCS(=O)(=O)C1. The number of primary amides is 1. The molecule has 2 rings (SSSR count). The van der Waals surface area contributed by atoms with E-state index in [1.165, 1.54) is 6.20 Å². The topological polar surface area (TPSA) is 90.1 Å². The van der Waals surface area contributed by atoms with Crippen LogP contribution in [0.15, 0.2) is 18.3 Å². The summed E-state index contributed by atoms with van der Waals surface area (Å²) in [6.07, 6.45) is 2.02. The summed E-state index contributed by atoms with van der Waals surface area (Å²) in [5.74, 6) is -0.509. The van der Waals surface area contributed by atoms with E-state index < -0.39 is 15.7 Å². The molecule has 1 unspecified atom stereocenters. The van der Waals surface area contributed by atoms with Crippen molar-refractivity contribution in [2.24, 2.45) is 5.73 Å². The van der Waals surface area contributed by atoms with E-state index in [9.17, 15) is 13.2 Å². The molecule has 0 radical (unpaired) electrons. The first-order valence-electron chi connectivity index (χ1n) is 4.95. The molecule has 2 heterocycles. The van der Waals surface area contributed by atoms with Crippen LogP contribution in [-0.2, 0) is 9.84 Å². The maximum Gasteiger partial charge on any atom is 0.267 e. The van der Waals surface area contributed by atoms with Crippen LogP contribution >= 0.6 is 0 Å². The van der Waals surface area contributed by atoms with Crippen molar-refractivity contribution in [2.45, 2.75) is 12.3 Å². The molecule has 1 aromatic heterocycles. The molecule has 0 aliphatic carbocycles. The first kappa shape index (κ1) is 11.1. The third-order valence-electron chi connectivity index (χ3n) is 2.74. The highest BCUT2D eigenvalue weighted by molar-refractivity contribution is 7.91. The molecular formula is C10H12N2O3S. The van der Waals surface area contributed by atoms with Gasteiger partial charge in [0.1, 0.15) is 5.69 Å². The summed E-state index contributed by atoms with van der Waals surface area (Å²) in [5, 5.41) is 0. The molecule has 16 heavy (non-hydrogen) atoms. The van der Waals surface area contributed by atoms with Gasteiger partial charge in [-0.1, -0.05) is 6.07 Å². The minimum absolute atomic E-state index is 0.0823. The molecule has 1 aromatic rings. The number of hydrogen-bond acceptors (Lipinski definition) is 4. The van der Waals surface area contributed by atoms with Crippen molar-refractivity contribution in [3.8, 4) is 0 Å². The van der Waals surface area contributed by atoms with Crippen molar-refractivity contribution in [3.63, 3.8) is 0 Å². The molecular weight excluding hydrogens is 228 g/mol. The summed E-state index contributed by atoms with van der Waals surface area (Å²) in [5.41, 5.74) is 6.03. The number of carbonyl (C=O) groups excluding carboxylic acids is 1. The van der Waals surface area contributed by atoms with Gasteiger partial charge in [0.25, 0.3) is 5.91 Å². The lowest BCUT2D eigenvalue weighted by atomic mass is 9.97. The number of carbonyl (C=O) groups is 1. The van der Waals surface area contributed by atoms with Crippen LogP contribution in [0.4, 0.5) is 0 Å². The molecule has 6 heteroatoms. The molecule has 0 saturated carbocycles. The van der Waals surface area contributed by atoms with Gasteiger partial charge >= 0.3 is 0 Å². The third-order valence-corrected chi connectivity index (χ3v) is 4.51. The molecule has 1 saturated heterocycles. The predicted octanol–water partition coefficient (Wildman–Crippen LogP) is 0.0826. The molecule has 1 atom stereocenters. The van der Waals surface area contributed by atoms with Crippen LogP contribution in [0.25, 0.3) is 0 Å². The maximum absolute atomic E-state index is 11.4. The summed E-state index contributed by atoms with van der Waals surface area (Å²) < 4.78 is 22.7. The lowest BCUT2D eigenvalue weighted by molar-refractivity contribution is 0.0994. The number of rotatable bonds is 2. The average molecular weight is 240 g/mol. The summed E-state index contributed by atoms with van der Waals surface area (Å²) >= 11 is 0. The predicted molar refractivity (Wildman–Crippen MR) is 58.8 cm³/mol. The smallest absolute Gasteiger partial charge is 0.267 e. The van der Waals surface area contributed by atoms with E-state index in [1.54, 1.807) is 12.1 Å². The maximum atomic E-state index is 11.4. The largest absolute Gasteiger partial charge is 0.364 e. The van der Waals surface area contributed by atoms with Crippen LogP contribution in [0.3, 0.4) is 0 Å². The van der Waals surface area contributed by atoms with Crippen molar-refractivity contribution < 1.29 is 13.2 Å². The van der Waals surface area contributed by atoms with Gasteiger partial charge in [-0.25, -0.2) is 8.42 Å². The Hall–Kier alpha value is -1.43. The Balaban J connectivity index is 2.38.